The summed E-state index contributed by atoms with van der Waals surface area (Å²) in [7, 11) is 0. The zero-order valence-corrected chi connectivity index (χ0v) is 11.4. The summed E-state index contributed by atoms with van der Waals surface area (Å²) in [6.07, 6.45) is 2.89. The molecule has 0 aliphatic rings. The van der Waals surface area contributed by atoms with E-state index in [0.717, 1.165) is 22.3 Å². The molecule has 1 unspecified atom stereocenters. The second kappa shape index (κ2) is 4.79. The van der Waals surface area contributed by atoms with E-state index in [-0.39, 0.29) is 0 Å². The number of hydrogen-bond donors (Lipinski definition) is 1. The predicted octanol–water partition coefficient (Wildman–Crippen LogP) is 5.24. The van der Waals surface area contributed by atoms with Crippen molar-refractivity contribution in [2.24, 2.45) is 0 Å². The Morgan fingerprint density at radius 3 is 2.94 bits per heavy atom. The van der Waals surface area contributed by atoms with Gasteiger partial charge in [-0.15, -0.1) is 0 Å². The van der Waals surface area contributed by atoms with Crippen molar-refractivity contribution < 1.29 is 0 Å². The number of benzene rings is 1. The van der Waals surface area contributed by atoms with Crippen molar-refractivity contribution in [1.29, 1.82) is 0 Å². The molecule has 0 bridgehead atoms. The number of fused-ring (bicyclic) bond motifs is 1. The second-order valence-electron chi connectivity index (χ2n) is 4.30. The molecule has 1 nitrogen and oxygen atoms in total. The van der Waals surface area contributed by atoms with Crippen LogP contribution >= 0.6 is 22.9 Å². The van der Waals surface area contributed by atoms with Gasteiger partial charge in [-0.25, -0.2) is 0 Å². The van der Waals surface area contributed by atoms with E-state index in [4.69, 9.17) is 11.6 Å². The van der Waals surface area contributed by atoms with Gasteiger partial charge in [0.05, 0.1) is 5.02 Å². The SMILES string of the molecule is [CH2]CC(c1ccsc1)c1c[nH]c2cccc(Cl)c12. The van der Waals surface area contributed by atoms with Gasteiger partial charge in [-0.2, -0.15) is 11.3 Å². The summed E-state index contributed by atoms with van der Waals surface area (Å²) < 4.78 is 0. The van der Waals surface area contributed by atoms with E-state index < -0.39 is 0 Å². The molecule has 1 aromatic carbocycles. The monoisotopic (exact) mass is 274 g/mol. The van der Waals surface area contributed by atoms with Crippen LogP contribution in [0.2, 0.25) is 5.02 Å². The Labute approximate surface area is 115 Å². The number of aromatic amines is 1. The Morgan fingerprint density at radius 1 is 1.33 bits per heavy atom. The van der Waals surface area contributed by atoms with Crippen molar-refractivity contribution in [2.75, 3.05) is 0 Å². The molecule has 0 saturated carbocycles. The number of nitrogens with one attached hydrogen (secondary N) is 1. The van der Waals surface area contributed by atoms with E-state index in [2.05, 4.69) is 41.0 Å². The van der Waals surface area contributed by atoms with Crippen molar-refractivity contribution in [3.8, 4) is 0 Å². The molecule has 0 amide bonds. The molecule has 2 aromatic heterocycles. The molecule has 18 heavy (non-hydrogen) atoms. The number of halogens is 1. The lowest BCUT2D eigenvalue weighted by Gasteiger charge is -2.13. The lowest BCUT2D eigenvalue weighted by Crippen LogP contribution is -1.97. The highest BCUT2D eigenvalue weighted by atomic mass is 35.5. The number of rotatable bonds is 3. The maximum Gasteiger partial charge on any atom is 0.0502 e. The third-order valence-electron chi connectivity index (χ3n) is 3.30. The standard InChI is InChI=1S/C15H13ClNS/c1-2-11(10-6-7-18-9-10)12-8-17-14-5-3-4-13(16)15(12)14/h3-9,11,17H,1-2H2. The summed E-state index contributed by atoms with van der Waals surface area (Å²) >= 11 is 8.05. The van der Waals surface area contributed by atoms with Gasteiger partial charge < -0.3 is 4.98 Å². The largest absolute Gasteiger partial charge is 0.361 e. The molecule has 0 spiro atoms. The topological polar surface area (TPSA) is 15.8 Å². The first kappa shape index (κ1) is 11.8. The third kappa shape index (κ3) is 1.86. The highest BCUT2D eigenvalue weighted by Gasteiger charge is 2.18. The van der Waals surface area contributed by atoms with Crippen LogP contribution in [0.3, 0.4) is 0 Å². The first-order chi connectivity index (χ1) is 8.81. The quantitative estimate of drug-likeness (QED) is 0.672. The summed E-state index contributed by atoms with van der Waals surface area (Å²) in [5.41, 5.74) is 3.64. The Balaban J connectivity index is 2.19. The van der Waals surface area contributed by atoms with E-state index in [1.807, 2.05) is 12.1 Å². The summed E-state index contributed by atoms with van der Waals surface area (Å²) in [5.74, 6) is 0.310. The molecule has 0 aliphatic heterocycles. The van der Waals surface area contributed by atoms with Gasteiger partial charge in [0.2, 0.25) is 0 Å². The molecule has 3 heteroatoms. The fraction of sp³-hybridized carbons (Fsp3) is 0.133. The third-order valence-corrected chi connectivity index (χ3v) is 4.31. The van der Waals surface area contributed by atoms with E-state index in [9.17, 15) is 0 Å². The van der Waals surface area contributed by atoms with Crippen LogP contribution in [0.1, 0.15) is 23.5 Å². The number of thiophene rings is 1. The van der Waals surface area contributed by atoms with Crippen LogP contribution in [-0.2, 0) is 0 Å². The van der Waals surface area contributed by atoms with Gasteiger partial charge in [0.1, 0.15) is 0 Å². The lowest BCUT2D eigenvalue weighted by molar-refractivity contribution is 0.839. The maximum absolute atomic E-state index is 6.33. The normalized spacial score (nSPS) is 13.0. The highest BCUT2D eigenvalue weighted by Crippen LogP contribution is 2.36. The predicted molar refractivity (Wildman–Crippen MR) is 79.4 cm³/mol. The second-order valence-corrected chi connectivity index (χ2v) is 5.49. The zero-order valence-electron chi connectivity index (χ0n) is 9.82. The Morgan fingerprint density at radius 2 is 2.22 bits per heavy atom. The molecular weight excluding hydrogens is 262 g/mol. The Bertz CT molecular complexity index is 654. The average molecular weight is 275 g/mol. The van der Waals surface area contributed by atoms with Crippen LogP contribution in [0.4, 0.5) is 0 Å². The molecule has 91 valence electrons. The van der Waals surface area contributed by atoms with Gasteiger partial charge in [0.15, 0.2) is 0 Å². The molecule has 1 radical (unpaired) electrons. The van der Waals surface area contributed by atoms with Crippen molar-refractivity contribution in [3.05, 3.63) is 64.3 Å². The minimum atomic E-state index is 0.310. The summed E-state index contributed by atoms with van der Waals surface area (Å²) in [6.45, 7) is 4.08. The number of hydrogen-bond acceptors (Lipinski definition) is 1. The van der Waals surface area contributed by atoms with Crippen molar-refractivity contribution >= 4 is 33.8 Å². The molecule has 3 aromatic rings. The Hall–Kier alpha value is -1.25. The molecule has 2 heterocycles. The van der Waals surface area contributed by atoms with E-state index in [1.165, 1.54) is 11.1 Å². The van der Waals surface area contributed by atoms with Gasteiger partial charge in [-0.3, -0.25) is 0 Å². The van der Waals surface area contributed by atoms with Crippen LogP contribution in [0, 0.1) is 6.92 Å². The minimum absolute atomic E-state index is 0.310. The van der Waals surface area contributed by atoms with Crippen molar-refractivity contribution in [3.63, 3.8) is 0 Å². The van der Waals surface area contributed by atoms with Crippen molar-refractivity contribution in [1.82, 2.24) is 4.98 Å². The molecule has 0 saturated heterocycles. The van der Waals surface area contributed by atoms with Gasteiger partial charge in [-0.05, 0) is 46.5 Å². The van der Waals surface area contributed by atoms with Crippen LogP contribution in [0.25, 0.3) is 10.9 Å². The van der Waals surface area contributed by atoms with Gasteiger partial charge in [-0.1, -0.05) is 24.6 Å². The van der Waals surface area contributed by atoms with E-state index in [0.29, 0.717) is 5.92 Å². The molecule has 0 aliphatic carbocycles. The molecule has 0 fully saturated rings. The smallest absolute Gasteiger partial charge is 0.0502 e. The minimum Gasteiger partial charge on any atom is -0.361 e. The average Bonchev–Trinajstić information content (AvgIpc) is 3.01. The fourth-order valence-corrected chi connectivity index (χ4v) is 3.41. The van der Waals surface area contributed by atoms with Gasteiger partial charge in [0.25, 0.3) is 0 Å². The Kier molecular flexibility index (Phi) is 3.14. The van der Waals surface area contributed by atoms with E-state index in [1.54, 1.807) is 11.3 Å². The summed E-state index contributed by atoms with van der Waals surface area (Å²) in [6, 6.07) is 8.12. The molecular formula is C15H13ClNS. The van der Waals surface area contributed by atoms with Crippen LogP contribution in [-0.4, -0.2) is 4.98 Å². The van der Waals surface area contributed by atoms with Gasteiger partial charge >= 0.3 is 0 Å². The zero-order chi connectivity index (χ0) is 12.5. The van der Waals surface area contributed by atoms with Crippen molar-refractivity contribution in [2.45, 2.75) is 12.3 Å². The summed E-state index contributed by atoms with van der Waals surface area (Å²) in [4.78, 5) is 3.30. The van der Waals surface area contributed by atoms with Crippen LogP contribution < -0.4 is 0 Å². The van der Waals surface area contributed by atoms with E-state index >= 15 is 0 Å². The lowest BCUT2D eigenvalue weighted by atomic mass is 9.91. The van der Waals surface area contributed by atoms with Gasteiger partial charge in [0, 0.05) is 23.0 Å². The number of H-pyrrole nitrogens is 1. The first-order valence-corrected chi connectivity index (χ1v) is 7.20. The molecule has 1 N–H and O–H groups in total. The van der Waals surface area contributed by atoms with Crippen LogP contribution in [0.15, 0.2) is 41.2 Å². The first-order valence-electron chi connectivity index (χ1n) is 5.88. The highest BCUT2D eigenvalue weighted by molar-refractivity contribution is 7.08. The fourth-order valence-electron chi connectivity index (χ4n) is 2.42. The summed E-state index contributed by atoms with van der Waals surface area (Å²) in [5, 5.41) is 6.22. The number of aromatic nitrogens is 1. The maximum atomic E-state index is 6.33. The molecule has 3 rings (SSSR count). The van der Waals surface area contributed by atoms with Crippen LogP contribution in [0.5, 0.6) is 0 Å². The molecule has 1 atom stereocenters.